The van der Waals surface area contributed by atoms with Crippen molar-refractivity contribution in [3.05, 3.63) is 39.4 Å². The standard InChI is InChI=1S/C11H12F2N2O5/c12-8-6-10(15(19)20)9(13)5-7(8)11(18)14(1-3-16)2-4-17/h5-6,16-17H,1-4H2. The summed E-state index contributed by atoms with van der Waals surface area (Å²) in [6.07, 6.45) is 0. The fourth-order valence-electron chi connectivity index (χ4n) is 1.57. The Bertz CT molecular complexity index is 518. The van der Waals surface area contributed by atoms with Crippen LogP contribution in [-0.2, 0) is 0 Å². The molecule has 1 aromatic rings. The zero-order valence-electron chi connectivity index (χ0n) is 10.3. The Labute approximate surface area is 112 Å². The second kappa shape index (κ2) is 6.87. The summed E-state index contributed by atoms with van der Waals surface area (Å²) in [6, 6.07) is 0.746. The first-order valence-corrected chi connectivity index (χ1v) is 5.56. The van der Waals surface area contributed by atoms with Crippen LogP contribution < -0.4 is 0 Å². The zero-order chi connectivity index (χ0) is 15.3. The van der Waals surface area contributed by atoms with Crippen LogP contribution in [0.3, 0.4) is 0 Å². The lowest BCUT2D eigenvalue weighted by Crippen LogP contribution is -2.36. The van der Waals surface area contributed by atoms with E-state index in [1.807, 2.05) is 0 Å². The Morgan fingerprint density at radius 1 is 1.20 bits per heavy atom. The zero-order valence-corrected chi connectivity index (χ0v) is 10.3. The van der Waals surface area contributed by atoms with E-state index in [0.29, 0.717) is 12.1 Å². The highest BCUT2D eigenvalue weighted by molar-refractivity contribution is 5.94. The quantitative estimate of drug-likeness (QED) is 0.579. The highest BCUT2D eigenvalue weighted by Gasteiger charge is 2.24. The lowest BCUT2D eigenvalue weighted by Gasteiger charge is -2.20. The van der Waals surface area contributed by atoms with Gasteiger partial charge in [-0.25, -0.2) is 4.39 Å². The third kappa shape index (κ3) is 3.45. The summed E-state index contributed by atoms with van der Waals surface area (Å²) in [7, 11) is 0. The van der Waals surface area contributed by atoms with Crippen molar-refractivity contribution in [2.45, 2.75) is 0 Å². The molecule has 0 unspecified atom stereocenters. The van der Waals surface area contributed by atoms with Gasteiger partial charge in [-0.2, -0.15) is 4.39 Å². The fraction of sp³-hybridized carbons (Fsp3) is 0.364. The number of rotatable bonds is 6. The normalized spacial score (nSPS) is 10.4. The van der Waals surface area contributed by atoms with E-state index in [4.69, 9.17) is 10.2 Å². The summed E-state index contributed by atoms with van der Waals surface area (Å²) in [5.74, 6) is -3.56. The number of halogens is 2. The van der Waals surface area contributed by atoms with Gasteiger partial charge in [0.05, 0.1) is 29.8 Å². The minimum atomic E-state index is -1.34. The molecule has 0 aromatic heterocycles. The number of nitrogens with zero attached hydrogens (tertiary/aromatic N) is 2. The summed E-state index contributed by atoms with van der Waals surface area (Å²) in [5.41, 5.74) is -1.77. The Kier molecular flexibility index (Phi) is 5.47. The van der Waals surface area contributed by atoms with Crippen LogP contribution in [0.4, 0.5) is 14.5 Å². The minimum absolute atomic E-state index is 0.183. The first kappa shape index (κ1) is 15.9. The predicted octanol–water partition coefficient (Wildman–Crippen LogP) is 0.300. The van der Waals surface area contributed by atoms with Crippen molar-refractivity contribution in [1.82, 2.24) is 4.90 Å². The molecule has 1 aromatic carbocycles. The van der Waals surface area contributed by atoms with Crippen LogP contribution >= 0.6 is 0 Å². The first-order chi connectivity index (χ1) is 9.42. The van der Waals surface area contributed by atoms with E-state index in [1.54, 1.807) is 0 Å². The second-order valence-electron chi connectivity index (χ2n) is 3.78. The average molecular weight is 290 g/mol. The maximum atomic E-state index is 13.6. The van der Waals surface area contributed by atoms with Crippen molar-refractivity contribution in [3.63, 3.8) is 0 Å². The van der Waals surface area contributed by atoms with Crippen molar-refractivity contribution in [3.8, 4) is 0 Å². The number of carbonyl (C=O) groups excluding carboxylic acids is 1. The minimum Gasteiger partial charge on any atom is -0.395 e. The molecule has 0 fully saturated rings. The molecule has 0 saturated carbocycles. The van der Waals surface area contributed by atoms with Crippen molar-refractivity contribution in [2.24, 2.45) is 0 Å². The number of nitro groups is 1. The van der Waals surface area contributed by atoms with Crippen molar-refractivity contribution >= 4 is 11.6 Å². The second-order valence-corrected chi connectivity index (χ2v) is 3.78. The number of aliphatic hydroxyl groups is 2. The highest BCUT2D eigenvalue weighted by Crippen LogP contribution is 2.22. The molecule has 0 atom stereocenters. The van der Waals surface area contributed by atoms with Gasteiger partial charge in [0.2, 0.25) is 5.82 Å². The monoisotopic (exact) mass is 290 g/mol. The number of nitro benzene ring substituents is 1. The molecule has 0 spiro atoms. The van der Waals surface area contributed by atoms with Crippen molar-refractivity contribution in [2.75, 3.05) is 26.3 Å². The van der Waals surface area contributed by atoms with Gasteiger partial charge in [-0.3, -0.25) is 14.9 Å². The Morgan fingerprint density at radius 2 is 1.75 bits per heavy atom. The molecular weight excluding hydrogens is 278 g/mol. The molecule has 0 bridgehead atoms. The molecule has 0 radical (unpaired) electrons. The average Bonchev–Trinajstić information content (AvgIpc) is 2.39. The van der Waals surface area contributed by atoms with Gasteiger partial charge in [0.25, 0.3) is 5.91 Å². The molecule has 1 rings (SSSR count). The number of aliphatic hydroxyl groups excluding tert-OH is 2. The molecule has 9 heteroatoms. The molecular formula is C11H12F2N2O5. The smallest absolute Gasteiger partial charge is 0.307 e. The summed E-state index contributed by atoms with van der Waals surface area (Å²) < 4.78 is 27.0. The number of benzene rings is 1. The third-order valence-corrected chi connectivity index (χ3v) is 2.49. The van der Waals surface area contributed by atoms with E-state index in [-0.39, 0.29) is 13.1 Å². The molecule has 7 nitrogen and oxygen atoms in total. The van der Waals surface area contributed by atoms with Gasteiger partial charge in [-0.05, 0) is 6.07 Å². The summed E-state index contributed by atoms with van der Waals surface area (Å²) in [6.45, 7) is -1.22. The van der Waals surface area contributed by atoms with Gasteiger partial charge in [0.15, 0.2) is 0 Å². The van der Waals surface area contributed by atoms with Crippen LogP contribution in [0.5, 0.6) is 0 Å². The topological polar surface area (TPSA) is 104 Å². The van der Waals surface area contributed by atoms with Gasteiger partial charge < -0.3 is 15.1 Å². The number of amides is 1. The van der Waals surface area contributed by atoms with Crippen LogP contribution in [0.15, 0.2) is 12.1 Å². The maximum Gasteiger partial charge on any atom is 0.307 e. The number of hydrogen-bond donors (Lipinski definition) is 2. The number of carbonyl (C=O) groups is 1. The van der Waals surface area contributed by atoms with E-state index in [2.05, 4.69) is 0 Å². The molecule has 0 saturated heterocycles. The Hall–Kier alpha value is -2.13. The van der Waals surface area contributed by atoms with E-state index in [0.717, 1.165) is 4.90 Å². The van der Waals surface area contributed by atoms with Crippen molar-refractivity contribution in [1.29, 1.82) is 0 Å². The summed E-state index contributed by atoms with van der Waals surface area (Å²) in [5, 5.41) is 28.0. The third-order valence-electron chi connectivity index (χ3n) is 2.49. The molecule has 0 heterocycles. The van der Waals surface area contributed by atoms with Crippen LogP contribution in [0.25, 0.3) is 0 Å². The molecule has 110 valence electrons. The maximum absolute atomic E-state index is 13.6. The summed E-state index contributed by atoms with van der Waals surface area (Å²) >= 11 is 0. The van der Waals surface area contributed by atoms with Gasteiger partial charge >= 0.3 is 5.69 Å². The van der Waals surface area contributed by atoms with E-state index in [9.17, 15) is 23.7 Å². The molecule has 0 aliphatic rings. The van der Waals surface area contributed by atoms with Crippen LogP contribution in [0.2, 0.25) is 0 Å². The number of hydrogen-bond acceptors (Lipinski definition) is 5. The largest absolute Gasteiger partial charge is 0.395 e. The van der Waals surface area contributed by atoms with Gasteiger partial charge in [0.1, 0.15) is 5.82 Å². The van der Waals surface area contributed by atoms with E-state index in [1.165, 1.54) is 0 Å². The fourth-order valence-corrected chi connectivity index (χ4v) is 1.57. The van der Waals surface area contributed by atoms with Crippen LogP contribution in [-0.4, -0.2) is 52.2 Å². The molecule has 0 aliphatic heterocycles. The van der Waals surface area contributed by atoms with Gasteiger partial charge in [0, 0.05) is 13.1 Å². The van der Waals surface area contributed by atoms with Gasteiger partial charge in [-0.1, -0.05) is 0 Å². The lowest BCUT2D eigenvalue weighted by atomic mass is 10.1. The van der Waals surface area contributed by atoms with Crippen LogP contribution in [0, 0.1) is 21.7 Å². The molecule has 20 heavy (non-hydrogen) atoms. The first-order valence-electron chi connectivity index (χ1n) is 5.56. The summed E-state index contributed by atoms with van der Waals surface area (Å²) in [4.78, 5) is 22.1. The van der Waals surface area contributed by atoms with Gasteiger partial charge in [-0.15, -0.1) is 0 Å². The predicted molar refractivity (Wildman–Crippen MR) is 63.1 cm³/mol. The van der Waals surface area contributed by atoms with Crippen molar-refractivity contribution < 1.29 is 28.7 Å². The Morgan fingerprint density at radius 3 is 2.20 bits per heavy atom. The molecule has 1 amide bonds. The van der Waals surface area contributed by atoms with E-state index < -0.39 is 46.9 Å². The highest BCUT2D eigenvalue weighted by atomic mass is 19.1. The van der Waals surface area contributed by atoms with E-state index >= 15 is 0 Å². The molecule has 0 aliphatic carbocycles. The lowest BCUT2D eigenvalue weighted by molar-refractivity contribution is -0.387. The van der Waals surface area contributed by atoms with Crippen LogP contribution in [0.1, 0.15) is 10.4 Å². The SMILES string of the molecule is O=C(c1cc(F)c([N+](=O)[O-])cc1F)N(CCO)CCO. The Balaban J connectivity index is 3.15. The molecule has 2 N–H and O–H groups in total.